The summed E-state index contributed by atoms with van der Waals surface area (Å²) in [5.74, 6) is 0.252. The number of nitrogens with zero attached hydrogens (tertiary/aromatic N) is 3. The average molecular weight is 450 g/mol. The van der Waals surface area contributed by atoms with Crippen molar-refractivity contribution in [3.63, 3.8) is 0 Å². The number of carbonyl (C=O) groups excluding carboxylic acids is 1. The van der Waals surface area contributed by atoms with E-state index < -0.39 is 5.97 Å². The molecule has 0 saturated heterocycles. The molecule has 0 spiro atoms. The van der Waals surface area contributed by atoms with Crippen molar-refractivity contribution in [3.05, 3.63) is 71.2 Å². The second kappa shape index (κ2) is 9.76. The zero-order valence-electron chi connectivity index (χ0n) is 18.1. The number of methoxy groups -OCH3 is 1. The van der Waals surface area contributed by atoms with Crippen molar-refractivity contribution in [1.29, 1.82) is 0 Å². The third-order valence-electron chi connectivity index (χ3n) is 4.78. The number of benzene rings is 2. The SMILES string of the molecule is CCOC(=O)c1csc(-n2nc(-c3cccc(OCOC)c3)c(C)c2-c2ccccc2)n1. The molecule has 4 rings (SSSR count). The molecule has 0 radical (unpaired) electrons. The predicted molar refractivity (Wildman–Crippen MR) is 123 cm³/mol. The number of hydrogen-bond donors (Lipinski definition) is 0. The molecule has 0 aliphatic rings. The number of aromatic nitrogens is 3. The highest BCUT2D eigenvalue weighted by atomic mass is 32.1. The van der Waals surface area contributed by atoms with E-state index >= 15 is 0 Å². The first kappa shape index (κ1) is 21.7. The average Bonchev–Trinajstić information content (AvgIpc) is 3.43. The van der Waals surface area contributed by atoms with Gasteiger partial charge in [0.2, 0.25) is 5.13 Å². The van der Waals surface area contributed by atoms with Crippen LogP contribution in [0.1, 0.15) is 23.0 Å². The first-order valence-electron chi connectivity index (χ1n) is 10.1. The Morgan fingerprint density at radius 3 is 2.62 bits per heavy atom. The van der Waals surface area contributed by atoms with Gasteiger partial charge in [-0.15, -0.1) is 11.3 Å². The van der Waals surface area contributed by atoms with E-state index in [0.29, 0.717) is 17.5 Å². The highest BCUT2D eigenvalue weighted by Gasteiger charge is 2.22. The van der Waals surface area contributed by atoms with Gasteiger partial charge < -0.3 is 14.2 Å². The van der Waals surface area contributed by atoms with Gasteiger partial charge in [0, 0.05) is 29.2 Å². The maximum atomic E-state index is 12.1. The van der Waals surface area contributed by atoms with Crippen molar-refractivity contribution in [1.82, 2.24) is 14.8 Å². The van der Waals surface area contributed by atoms with E-state index in [4.69, 9.17) is 19.3 Å². The van der Waals surface area contributed by atoms with Gasteiger partial charge in [-0.3, -0.25) is 0 Å². The van der Waals surface area contributed by atoms with Crippen molar-refractivity contribution in [3.8, 4) is 33.4 Å². The zero-order chi connectivity index (χ0) is 22.5. The summed E-state index contributed by atoms with van der Waals surface area (Å²) in [5.41, 5.74) is 4.90. The van der Waals surface area contributed by atoms with Crippen molar-refractivity contribution in [2.75, 3.05) is 20.5 Å². The van der Waals surface area contributed by atoms with Gasteiger partial charge in [-0.2, -0.15) is 5.10 Å². The largest absolute Gasteiger partial charge is 0.468 e. The Bertz CT molecular complexity index is 1220. The Balaban J connectivity index is 1.83. The third kappa shape index (κ3) is 4.42. The smallest absolute Gasteiger partial charge is 0.357 e. The fourth-order valence-corrected chi connectivity index (χ4v) is 4.11. The van der Waals surface area contributed by atoms with Crippen LogP contribution >= 0.6 is 11.3 Å². The lowest BCUT2D eigenvalue weighted by molar-refractivity contribution is 0.0510. The first-order valence-corrected chi connectivity index (χ1v) is 11.0. The lowest BCUT2D eigenvalue weighted by Gasteiger charge is -2.06. The lowest BCUT2D eigenvalue weighted by atomic mass is 10.0. The summed E-state index contributed by atoms with van der Waals surface area (Å²) in [6.07, 6.45) is 0. The van der Waals surface area contributed by atoms with Gasteiger partial charge >= 0.3 is 5.97 Å². The number of rotatable bonds is 8. The molecule has 164 valence electrons. The topological polar surface area (TPSA) is 75.5 Å². The number of thiazole rings is 1. The molecule has 0 bridgehead atoms. The summed E-state index contributed by atoms with van der Waals surface area (Å²) in [6, 6.07) is 17.7. The van der Waals surface area contributed by atoms with Crippen LogP contribution in [-0.2, 0) is 9.47 Å². The van der Waals surface area contributed by atoms with Crippen LogP contribution in [0.5, 0.6) is 5.75 Å². The molecule has 8 heteroatoms. The zero-order valence-corrected chi connectivity index (χ0v) is 18.9. The van der Waals surface area contributed by atoms with E-state index in [0.717, 1.165) is 28.1 Å². The van der Waals surface area contributed by atoms with E-state index in [1.165, 1.54) is 11.3 Å². The van der Waals surface area contributed by atoms with E-state index in [1.54, 1.807) is 24.1 Å². The Morgan fingerprint density at radius 1 is 1.09 bits per heavy atom. The van der Waals surface area contributed by atoms with Gasteiger partial charge in [-0.1, -0.05) is 42.5 Å². The van der Waals surface area contributed by atoms with Crippen molar-refractivity contribution < 1.29 is 19.0 Å². The fourth-order valence-electron chi connectivity index (χ4n) is 3.36. The second-order valence-corrected chi connectivity index (χ2v) is 7.75. The van der Waals surface area contributed by atoms with Crippen LogP contribution in [0.25, 0.3) is 27.6 Å². The number of carbonyl (C=O) groups is 1. The highest BCUT2D eigenvalue weighted by Crippen LogP contribution is 2.35. The van der Waals surface area contributed by atoms with Crippen LogP contribution in [0.2, 0.25) is 0 Å². The maximum absolute atomic E-state index is 12.1. The Labute approximate surface area is 190 Å². The summed E-state index contributed by atoms with van der Waals surface area (Å²) >= 11 is 1.34. The summed E-state index contributed by atoms with van der Waals surface area (Å²) in [4.78, 5) is 16.6. The molecule has 0 saturated carbocycles. The third-order valence-corrected chi connectivity index (χ3v) is 5.59. The van der Waals surface area contributed by atoms with Crippen LogP contribution in [0.15, 0.2) is 60.0 Å². The summed E-state index contributed by atoms with van der Waals surface area (Å²) < 4.78 is 17.5. The van der Waals surface area contributed by atoms with Gasteiger partial charge in [0.25, 0.3) is 0 Å². The lowest BCUT2D eigenvalue weighted by Crippen LogP contribution is -2.06. The van der Waals surface area contributed by atoms with Crippen LogP contribution in [0.4, 0.5) is 0 Å². The molecule has 0 aliphatic heterocycles. The second-order valence-electron chi connectivity index (χ2n) is 6.91. The minimum absolute atomic E-state index is 0.169. The number of esters is 1. The number of ether oxygens (including phenoxy) is 3. The van der Waals surface area contributed by atoms with Crippen LogP contribution in [-0.4, -0.2) is 41.2 Å². The molecule has 2 aromatic heterocycles. The molecule has 0 unspecified atom stereocenters. The molecule has 2 aromatic carbocycles. The van der Waals surface area contributed by atoms with Crippen molar-refractivity contribution in [2.24, 2.45) is 0 Å². The van der Waals surface area contributed by atoms with Gasteiger partial charge in [0.15, 0.2) is 12.5 Å². The van der Waals surface area contributed by atoms with E-state index in [-0.39, 0.29) is 12.5 Å². The molecule has 0 atom stereocenters. The normalized spacial score (nSPS) is 10.8. The quantitative estimate of drug-likeness (QED) is 0.274. The van der Waals surface area contributed by atoms with Crippen molar-refractivity contribution >= 4 is 17.3 Å². The van der Waals surface area contributed by atoms with Crippen LogP contribution < -0.4 is 4.74 Å². The monoisotopic (exact) mass is 449 g/mol. The van der Waals surface area contributed by atoms with Crippen molar-refractivity contribution in [2.45, 2.75) is 13.8 Å². The molecule has 2 heterocycles. The molecule has 4 aromatic rings. The molecule has 32 heavy (non-hydrogen) atoms. The Morgan fingerprint density at radius 2 is 1.88 bits per heavy atom. The van der Waals surface area contributed by atoms with E-state index in [2.05, 4.69) is 4.98 Å². The molecule has 0 aliphatic carbocycles. The van der Waals surface area contributed by atoms with E-state index in [1.807, 2.05) is 61.5 Å². The number of hydrogen-bond acceptors (Lipinski definition) is 7. The molecule has 7 nitrogen and oxygen atoms in total. The highest BCUT2D eigenvalue weighted by molar-refractivity contribution is 7.12. The minimum Gasteiger partial charge on any atom is -0.468 e. The summed E-state index contributed by atoms with van der Waals surface area (Å²) in [7, 11) is 1.58. The molecular formula is C24H23N3O4S. The fraction of sp³-hybridized carbons (Fsp3) is 0.208. The van der Waals surface area contributed by atoms with Crippen LogP contribution in [0, 0.1) is 6.92 Å². The van der Waals surface area contributed by atoms with Gasteiger partial charge in [-0.25, -0.2) is 14.5 Å². The van der Waals surface area contributed by atoms with E-state index in [9.17, 15) is 4.79 Å². The Hall–Kier alpha value is -3.49. The summed E-state index contributed by atoms with van der Waals surface area (Å²) in [6.45, 7) is 4.27. The molecule has 0 N–H and O–H groups in total. The molecule has 0 amide bonds. The molecular weight excluding hydrogens is 426 g/mol. The predicted octanol–water partition coefficient (Wildman–Crippen LogP) is 5.13. The standard InChI is InChI=1S/C24H23N3O4S/c1-4-30-23(28)20-14-32-24(25-20)27-22(17-9-6-5-7-10-17)16(2)21(26-27)18-11-8-12-19(13-18)31-15-29-3/h5-14H,4,15H2,1-3H3. The van der Waals surface area contributed by atoms with Gasteiger partial charge in [0.1, 0.15) is 5.75 Å². The van der Waals surface area contributed by atoms with Gasteiger partial charge in [-0.05, 0) is 26.0 Å². The minimum atomic E-state index is -0.441. The van der Waals surface area contributed by atoms with Crippen LogP contribution in [0.3, 0.4) is 0 Å². The molecule has 0 fully saturated rings. The maximum Gasteiger partial charge on any atom is 0.357 e. The summed E-state index contributed by atoms with van der Waals surface area (Å²) in [5, 5.41) is 7.18. The first-order chi connectivity index (χ1) is 15.6. The Kier molecular flexibility index (Phi) is 6.63. The van der Waals surface area contributed by atoms with Gasteiger partial charge in [0.05, 0.1) is 18.0 Å².